The Balaban J connectivity index is 1.74. The minimum Gasteiger partial charge on any atom is -0.503 e. The Morgan fingerprint density at radius 1 is 1.26 bits per heavy atom. The smallest absolute Gasteiger partial charge is 0.274 e. The zero-order valence-corrected chi connectivity index (χ0v) is 15.1. The minimum atomic E-state index is -0.607. The zero-order chi connectivity index (χ0) is 19.3. The molecule has 0 saturated carbocycles. The molecule has 0 spiro atoms. The van der Waals surface area contributed by atoms with Crippen LogP contribution in [0, 0.1) is 5.82 Å². The van der Waals surface area contributed by atoms with Crippen LogP contribution in [-0.4, -0.2) is 33.6 Å². The number of ether oxygens (including phenoxy) is 1. The van der Waals surface area contributed by atoms with E-state index in [1.54, 1.807) is 10.6 Å². The van der Waals surface area contributed by atoms with Crippen molar-refractivity contribution < 1.29 is 19.0 Å². The Morgan fingerprint density at radius 3 is 2.78 bits per heavy atom. The molecule has 1 amide bonds. The number of carbonyl (C=O) groups is 1. The Labute approximate surface area is 159 Å². The summed E-state index contributed by atoms with van der Waals surface area (Å²) in [5, 5.41) is 10.4. The number of benzene rings is 1. The summed E-state index contributed by atoms with van der Waals surface area (Å²) in [4.78, 5) is 27.0. The van der Waals surface area contributed by atoms with Gasteiger partial charge in [0.05, 0.1) is 29.5 Å². The van der Waals surface area contributed by atoms with Gasteiger partial charge >= 0.3 is 0 Å². The fourth-order valence-corrected chi connectivity index (χ4v) is 3.76. The number of fused-ring (bicyclic) bond motifs is 3. The quantitative estimate of drug-likeness (QED) is 0.855. The first-order chi connectivity index (χ1) is 12.9. The van der Waals surface area contributed by atoms with E-state index in [1.165, 1.54) is 17.0 Å². The normalized spacial score (nSPS) is 16.3. The third-order valence-corrected chi connectivity index (χ3v) is 5.15. The molecule has 0 saturated heterocycles. The topological polar surface area (TPSA) is 71.8 Å². The molecule has 8 heteroatoms. The number of amides is 1. The van der Waals surface area contributed by atoms with E-state index in [-0.39, 0.29) is 30.5 Å². The summed E-state index contributed by atoms with van der Waals surface area (Å²) in [6.07, 6.45) is 0. The third kappa shape index (κ3) is 2.83. The highest BCUT2D eigenvalue weighted by Gasteiger charge is 2.34. The van der Waals surface area contributed by atoms with Gasteiger partial charge in [-0.1, -0.05) is 24.2 Å². The molecule has 1 aromatic carbocycles. The second kappa shape index (κ2) is 6.51. The molecule has 0 atom stereocenters. The Hall–Kier alpha value is -2.64. The van der Waals surface area contributed by atoms with Crippen molar-refractivity contribution in [3.63, 3.8) is 0 Å². The van der Waals surface area contributed by atoms with E-state index in [0.29, 0.717) is 35.5 Å². The summed E-state index contributed by atoms with van der Waals surface area (Å²) in [5.41, 5.74) is 1.36. The van der Waals surface area contributed by atoms with Gasteiger partial charge in [0, 0.05) is 19.6 Å². The molecule has 0 fully saturated rings. The molecule has 27 heavy (non-hydrogen) atoms. The molecule has 0 aliphatic carbocycles. The van der Waals surface area contributed by atoms with Crippen LogP contribution in [0.5, 0.6) is 5.75 Å². The maximum absolute atomic E-state index is 13.3. The Bertz CT molecular complexity index is 1050. The van der Waals surface area contributed by atoms with Crippen LogP contribution in [0.3, 0.4) is 0 Å². The summed E-state index contributed by atoms with van der Waals surface area (Å²) < 4.78 is 20.4. The first kappa shape index (κ1) is 17.8. The van der Waals surface area contributed by atoms with Crippen molar-refractivity contribution in [2.75, 3.05) is 13.2 Å². The van der Waals surface area contributed by atoms with Crippen LogP contribution >= 0.6 is 11.6 Å². The van der Waals surface area contributed by atoms with Crippen molar-refractivity contribution in [1.29, 1.82) is 0 Å². The molecule has 1 aromatic heterocycles. The molecule has 2 aliphatic rings. The van der Waals surface area contributed by atoms with Gasteiger partial charge in [0.25, 0.3) is 5.91 Å². The number of aromatic hydroxyl groups is 1. The molecular formula is C19H16ClFN2O4. The summed E-state index contributed by atoms with van der Waals surface area (Å²) in [5.74, 6) is -1.59. The first-order valence-corrected chi connectivity index (χ1v) is 8.74. The van der Waals surface area contributed by atoms with Gasteiger partial charge in [-0.25, -0.2) is 4.39 Å². The molecular weight excluding hydrogens is 375 g/mol. The van der Waals surface area contributed by atoms with Gasteiger partial charge in [-0.3, -0.25) is 9.59 Å². The van der Waals surface area contributed by atoms with Crippen LogP contribution < -0.4 is 5.43 Å². The predicted octanol–water partition coefficient (Wildman–Crippen LogP) is 2.55. The van der Waals surface area contributed by atoms with E-state index >= 15 is 0 Å². The highest BCUT2D eigenvalue weighted by Crippen LogP contribution is 2.30. The maximum Gasteiger partial charge on any atom is 0.274 e. The highest BCUT2D eigenvalue weighted by atomic mass is 35.5. The van der Waals surface area contributed by atoms with Crippen molar-refractivity contribution in [1.82, 2.24) is 9.47 Å². The molecule has 0 bridgehead atoms. The molecule has 6 nitrogen and oxygen atoms in total. The molecule has 2 aromatic rings. The lowest BCUT2D eigenvalue weighted by Gasteiger charge is -2.34. The van der Waals surface area contributed by atoms with Gasteiger partial charge in [-0.15, -0.1) is 0 Å². The lowest BCUT2D eigenvalue weighted by atomic mass is 10.00. The Morgan fingerprint density at radius 2 is 2.04 bits per heavy atom. The van der Waals surface area contributed by atoms with E-state index in [9.17, 15) is 19.1 Å². The van der Waals surface area contributed by atoms with Gasteiger partial charge in [0.2, 0.25) is 5.43 Å². The van der Waals surface area contributed by atoms with Crippen LogP contribution in [-0.2, 0) is 24.4 Å². The number of rotatable bonds is 2. The van der Waals surface area contributed by atoms with Crippen molar-refractivity contribution in [3.05, 3.63) is 68.4 Å². The molecule has 0 radical (unpaired) electrons. The van der Waals surface area contributed by atoms with Crippen molar-refractivity contribution in [3.8, 4) is 5.75 Å². The molecule has 1 N–H and O–H groups in total. The standard InChI is InChI=1S/C19H16ClFN2O4/c1-10-8-27-9-14-15(10)17(24)18(25)16-19(26)22(4-5-23(14)16)7-11-2-3-13(21)12(20)6-11/h2-3,6,25H,1,4-5,7-9H2. The average Bonchev–Trinajstić information content (AvgIpc) is 2.64. The van der Waals surface area contributed by atoms with Crippen LogP contribution in [0.2, 0.25) is 5.02 Å². The van der Waals surface area contributed by atoms with Gasteiger partial charge in [-0.05, 0) is 23.3 Å². The van der Waals surface area contributed by atoms with Crippen molar-refractivity contribution >= 4 is 23.1 Å². The SMILES string of the molecule is C=C1COCc2c1c(=O)c(O)c1n2CCN(Cc2ccc(F)c(Cl)c2)C1=O. The fourth-order valence-electron chi connectivity index (χ4n) is 3.56. The second-order valence-electron chi connectivity index (χ2n) is 6.57. The Kier molecular flexibility index (Phi) is 4.28. The van der Waals surface area contributed by atoms with Gasteiger partial charge in [-0.2, -0.15) is 0 Å². The second-order valence-corrected chi connectivity index (χ2v) is 6.98. The van der Waals surface area contributed by atoms with E-state index < -0.39 is 22.9 Å². The summed E-state index contributed by atoms with van der Waals surface area (Å²) in [6, 6.07) is 4.23. The molecule has 0 unspecified atom stereocenters. The fraction of sp³-hybridized carbons (Fsp3) is 0.263. The van der Waals surface area contributed by atoms with E-state index in [1.807, 2.05) is 0 Å². The van der Waals surface area contributed by atoms with E-state index in [2.05, 4.69) is 6.58 Å². The number of hydrogen-bond acceptors (Lipinski definition) is 4. The summed E-state index contributed by atoms with van der Waals surface area (Å²) in [6.45, 7) is 5.16. The first-order valence-electron chi connectivity index (χ1n) is 8.36. The number of aromatic nitrogens is 1. The molecule has 2 aliphatic heterocycles. The lowest BCUT2D eigenvalue weighted by molar-refractivity contribution is 0.0671. The monoisotopic (exact) mass is 390 g/mol. The van der Waals surface area contributed by atoms with Crippen LogP contribution in [0.25, 0.3) is 5.57 Å². The van der Waals surface area contributed by atoms with Crippen molar-refractivity contribution in [2.45, 2.75) is 19.7 Å². The molecule has 3 heterocycles. The number of halogens is 2. The number of nitrogens with zero attached hydrogens (tertiary/aromatic N) is 2. The molecule has 140 valence electrons. The van der Waals surface area contributed by atoms with Crippen molar-refractivity contribution in [2.24, 2.45) is 0 Å². The minimum absolute atomic E-state index is 0.0267. The summed E-state index contributed by atoms with van der Waals surface area (Å²) >= 11 is 5.80. The lowest BCUT2D eigenvalue weighted by Crippen LogP contribution is -2.43. The largest absolute Gasteiger partial charge is 0.503 e. The zero-order valence-electron chi connectivity index (χ0n) is 14.3. The predicted molar refractivity (Wildman–Crippen MR) is 97.2 cm³/mol. The molecule has 4 rings (SSSR count). The number of carbonyl (C=O) groups excluding carboxylic acids is 1. The summed E-state index contributed by atoms with van der Waals surface area (Å²) in [7, 11) is 0. The van der Waals surface area contributed by atoms with Crippen LogP contribution in [0.1, 0.15) is 27.3 Å². The van der Waals surface area contributed by atoms with Gasteiger partial charge < -0.3 is 19.3 Å². The van der Waals surface area contributed by atoms with E-state index in [4.69, 9.17) is 16.3 Å². The average molecular weight is 391 g/mol. The third-order valence-electron chi connectivity index (χ3n) is 4.86. The van der Waals surface area contributed by atoms with E-state index in [0.717, 1.165) is 0 Å². The number of hydrogen-bond donors (Lipinski definition) is 1. The van der Waals surface area contributed by atoms with Crippen LogP contribution in [0.15, 0.2) is 29.6 Å². The van der Waals surface area contributed by atoms with Crippen LogP contribution in [0.4, 0.5) is 4.39 Å². The van der Waals surface area contributed by atoms with Gasteiger partial charge in [0.15, 0.2) is 11.4 Å². The number of pyridine rings is 1. The van der Waals surface area contributed by atoms with Gasteiger partial charge in [0.1, 0.15) is 5.82 Å². The maximum atomic E-state index is 13.3. The highest BCUT2D eigenvalue weighted by molar-refractivity contribution is 6.30.